The van der Waals surface area contributed by atoms with E-state index in [2.05, 4.69) is 40.9 Å². The van der Waals surface area contributed by atoms with Crippen LogP contribution >= 0.6 is 15.9 Å². The van der Waals surface area contributed by atoms with E-state index >= 15 is 0 Å². The van der Waals surface area contributed by atoms with Crippen molar-refractivity contribution in [2.75, 3.05) is 0 Å². The fraction of sp³-hybridized carbons (Fsp3) is 0.333. The maximum atomic E-state index is 8.76. The van der Waals surface area contributed by atoms with Crippen LogP contribution in [0.25, 0.3) is 0 Å². The average Bonchev–Trinajstić information content (AvgIpc) is 2.81. The van der Waals surface area contributed by atoms with Gasteiger partial charge >= 0.3 is 0 Å². The number of aryl methyl sites for hydroxylation is 2. The Hall–Kier alpha value is -1.80. The SMILES string of the molecule is CCc1nn(CC)c(COc2ccc(C#N)cc2)c1Br. The lowest BCUT2D eigenvalue weighted by atomic mass is 10.2. The largest absolute Gasteiger partial charge is 0.487 e. The van der Waals surface area contributed by atoms with Crippen LogP contribution in [0.5, 0.6) is 5.75 Å². The first kappa shape index (κ1) is 14.6. The summed E-state index contributed by atoms with van der Waals surface area (Å²) in [6.07, 6.45) is 0.886. The van der Waals surface area contributed by atoms with Crippen molar-refractivity contribution < 1.29 is 4.74 Å². The molecule has 0 fully saturated rings. The van der Waals surface area contributed by atoms with Gasteiger partial charge in [0, 0.05) is 6.54 Å². The minimum Gasteiger partial charge on any atom is -0.487 e. The first-order valence-corrected chi connectivity index (χ1v) is 7.35. The van der Waals surface area contributed by atoms with E-state index in [-0.39, 0.29) is 0 Å². The lowest BCUT2D eigenvalue weighted by Gasteiger charge is -2.08. The Balaban J connectivity index is 2.13. The van der Waals surface area contributed by atoms with E-state index in [1.54, 1.807) is 24.3 Å². The number of nitriles is 1. The summed E-state index contributed by atoms with van der Waals surface area (Å²) in [5, 5.41) is 13.3. The molecule has 2 rings (SSSR count). The van der Waals surface area contributed by atoms with Crippen LogP contribution in [-0.4, -0.2) is 9.78 Å². The van der Waals surface area contributed by atoms with E-state index in [0.717, 1.165) is 34.6 Å². The van der Waals surface area contributed by atoms with Crippen molar-refractivity contribution in [3.05, 3.63) is 45.7 Å². The molecule has 0 amide bonds. The van der Waals surface area contributed by atoms with E-state index < -0.39 is 0 Å². The van der Waals surface area contributed by atoms with Gasteiger partial charge in [0.25, 0.3) is 0 Å². The highest BCUT2D eigenvalue weighted by Crippen LogP contribution is 2.24. The van der Waals surface area contributed by atoms with Gasteiger partial charge in [-0.15, -0.1) is 0 Å². The van der Waals surface area contributed by atoms with E-state index in [9.17, 15) is 0 Å². The fourth-order valence-corrected chi connectivity index (χ4v) is 2.61. The van der Waals surface area contributed by atoms with Crippen LogP contribution in [0.3, 0.4) is 0 Å². The monoisotopic (exact) mass is 333 g/mol. The number of aromatic nitrogens is 2. The second-order valence-corrected chi connectivity index (χ2v) is 5.09. The van der Waals surface area contributed by atoms with Crippen molar-refractivity contribution in [3.8, 4) is 11.8 Å². The van der Waals surface area contributed by atoms with Crippen molar-refractivity contribution >= 4 is 15.9 Å². The zero-order chi connectivity index (χ0) is 14.5. The van der Waals surface area contributed by atoms with Crippen molar-refractivity contribution in [3.63, 3.8) is 0 Å². The van der Waals surface area contributed by atoms with Crippen LogP contribution in [0.4, 0.5) is 0 Å². The predicted octanol–water partition coefficient (Wildman–Crippen LogP) is 3.68. The van der Waals surface area contributed by atoms with Crippen LogP contribution in [0.15, 0.2) is 28.7 Å². The lowest BCUT2D eigenvalue weighted by molar-refractivity contribution is 0.291. The molecule has 104 valence electrons. The third-order valence-corrected chi connectivity index (χ3v) is 3.97. The van der Waals surface area contributed by atoms with Gasteiger partial charge in [-0.25, -0.2) is 0 Å². The molecular weight excluding hydrogens is 318 g/mol. The second-order valence-electron chi connectivity index (χ2n) is 4.30. The Morgan fingerprint density at radius 1 is 1.30 bits per heavy atom. The van der Waals surface area contributed by atoms with E-state index in [4.69, 9.17) is 10.00 Å². The van der Waals surface area contributed by atoms with Crippen molar-refractivity contribution in [1.29, 1.82) is 5.26 Å². The van der Waals surface area contributed by atoms with Gasteiger partial charge in [0.1, 0.15) is 12.4 Å². The number of ether oxygens (including phenoxy) is 1. The normalized spacial score (nSPS) is 10.3. The summed E-state index contributed by atoms with van der Waals surface area (Å²) in [6.45, 7) is 5.40. The summed E-state index contributed by atoms with van der Waals surface area (Å²) in [4.78, 5) is 0. The summed E-state index contributed by atoms with van der Waals surface area (Å²) < 4.78 is 8.75. The number of hydrogen-bond acceptors (Lipinski definition) is 3. The topological polar surface area (TPSA) is 50.8 Å². The van der Waals surface area contributed by atoms with Crippen molar-refractivity contribution in [1.82, 2.24) is 9.78 Å². The Morgan fingerprint density at radius 3 is 2.55 bits per heavy atom. The molecule has 0 aliphatic carbocycles. The van der Waals surface area contributed by atoms with Gasteiger partial charge < -0.3 is 4.74 Å². The Kier molecular flexibility index (Phi) is 4.80. The Labute approximate surface area is 127 Å². The molecule has 0 N–H and O–H groups in total. The first-order chi connectivity index (χ1) is 9.69. The molecule has 1 aromatic carbocycles. The molecule has 1 heterocycles. The zero-order valence-corrected chi connectivity index (χ0v) is 13.1. The summed E-state index contributed by atoms with van der Waals surface area (Å²) in [5.74, 6) is 0.748. The molecule has 0 aliphatic rings. The molecular formula is C15H16BrN3O. The Bertz CT molecular complexity index is 626. The zero-order valence-electron chi connectivity index (χ0n) is 11.6. The van der Waals surface area contributed by atoms with Crippen molar-refractivity contribution in [2.24, 2.45) is 0 Å². The van der Waals surface area contributed by atoms with Gasteiger partial charge in [-0.2, -0.15) is 10.4 Å². The lowest BCUT2D eigenvalue weighted by Crippen LogP contribution is -2.06. The van der Waals surface area contributed by atoms with Crippen LogP contribution in [-0.2, 0) is 19.6 Å². The molecule has 0 radical (unpaired) electrons. The molecule has 0 saturated heterocycles. The quantitative estimate of drug-likeness (QED) is 0.838. The van der Waals surface area contributed by atoms with Crippen LogP contribution in [0, 0.1) is 11.3 Å². The van der Waals surface area contributed by atoms with E-state index in [1.165, 1.54) is 0 Å². The molecule has 0 unspecified atom stereocenters. The molecule has 2 aromatic rings. The fourth-order valence-electron chi connectivity index (χ4n) is 1.93. The molecule has 1 aromatic heterocycles. The minimum absolute atomic E-state index is 0.452. The summed E-state index contributed by atoms with van der Waals surface area (Å²) in [5.41, 5.74) is 2.71. The maximum Gasteiger partial charge on any atom is 0.131 e. The molecule has 0 spiro atoms. The molecule has 0 atom stereocenters. The highest BCUT2D eigenvalue weighted by molar-refractivity contribution is 9.10. The number of halogens is 1. The van der Waals surface area contributed by atoms with Crippen molar-refractivity contribution in [2.45, 2.75) is 33.4 Å². The Morgan fingerprint density at radius 2 is 2.00 bits per heavy atom. The molecule has 5 heteroatoms. The van der Waals surface area contributed by atoms with E-state index in [0.29, 0.717) is 12.2 Å². The molecule has 20 heavy (non-hydrogen) atoms. The highest BCUT2D eigenvalue weighted by Gasteiger charge is 2.14. The van der Waals surface area contributed by atoms with Gasteiger partial charge in [0.15, 0.2) is 0 Å². The average molecular weight is 334 g/mol. The third kappa shape index (κ3) is 3.02. The highest BCUT2D eigenvalue weighted by atomic mass is 79.9. The van der Waals surface area contributed by atoms with Crippen LogP contribution < -0.4 is 4.74 Å². The summed E-state index contributed by atoms with van der Waals surface area (Å²) in [7, 11) is 0. The number of rotatable bonds is 5. The second kappa shape index (κ2) is 6.58. The number of nitrogens with zero attached hydrogens (tertiary/aromatic N) is 3. The standard InChI is InChI=1S/C15H16BrN3O/c1-3-13-15(16)14(19(4-2)18-13)10-20-12-7-5-11(9-17)6-8-12/h5-8H,3-4,10H2,1-2H3. The van der Waals surface area contributed by atoms with Crippen LogP contribution in [0.2, 0.25) is 0 Å². The van der Waals surface area contributed by atoms with Gasteiger partial charge in [0.2, 0.25) is 0 Å². The van der Waals surface area contributed by atoms with Gasteiger partial charge in [0.05, 0.1) is 27.5 Å². The smallest absolute Gasteiger partial charge is 0.131 e. The molecule has 0 bridgehead atoms. The first-order valence-electron chi connectivity index (χ1n) is 6.56. The van der Waals surface area contributed by atoms with E-state index in [1.807, 2.05) is 4.68 Å². The van der Waals surface area contributed by atoms with Gasteiger partial charge in [-0.3, -0.25) is 4.68 Å². The van der Waals surface area contributed by atoms with Gasteiger partial charge in [-0.1, -0.05) is 6.92 Å². The van der Waals surface area contributed by atoms with Gasteiger partial charge in [-0.05, 0) is 53.5 Å². The summed E-state index contributed by atoms with van der Waals surface area (Å²) >= 11 is 3.59. The molecule has 0 aliphatic heterocycles. The number of benzene rings is 1. The predicted molar refractivity (Wildman–Crippen MR) is 80.5 cm³/mol. The summed E-state index contributed by atoms with van der Waals surface area (Å²) in [6, 6.07) is 9.20. The number of hydrogen-bond donors (Lipinski definition) is 0. The molecule has 0 saturated carbocycles. The maximum absolute atomic E-state index is 8.76. The minimum atomic E-state index is 0.452. The third-order valence-electron chi connectivity index (χ3n) is 3.05. The van der Waals surface area contributed by atoms with Crippen LogP contribution in [0.1, 0.15) is 30.8 Å². The molecule has 4 nitrogen and oxygen atoms in total.